The quantitative estimate of drug-likeness (QED) is 0.387. The van der Waals surface area contributed by atoms with Crippen LogP contribution in [0.4, 0.5) is 5.69 Å². The van der Waals surface area contributed by atoms with Gasteiger partial charge in [0.1, 0.15) is 0 Å². The van der Waals surface area contributed by atoms with E-state index in [1.807, 2.05) is 84.9 Å². The highest BCUT2D eigenvalue weighted by Crippen LogP contribution is 2.30. The number of carbonyl (C=O) groups is 1. The first-order chi connectivity index (χ1) is 16.0. The van der Waals surface area contributed by atoms with Gasteiger partial charge in [0.25, 0.3) is 0 Å². The van der Waals surface area contributed by atoms with Crippen LogP contribution in [0, 0.1) is 0 Å². The molecule has 3 aromatic carbocycles. The summed E-state index contributed by atoms with van der Waals surface area (Å²) in [5.74, 6) is 0.146. The lowest BCUT2D eigenvalue weighted by Gasteiger charge is -2.28. The van der Waals surface area contributed by atoms with Crippen LogP contribution in [-0.4, -0.2) is 47.2 Å². The molecule has 0 saturated carbocycles. The molecular weight excluding hydrogens is 454 g/mol. The van der Waals surface area contributed by atoms with Crippen molar-refractivity contribution in [1.29, 1.82) is 0 Å². The monoisotopic (exact) mass is 477 g/mol. The number of imidazole rings is 1. The number of aromatic nitrogens is 2. The van der Waals surface area contributed by atoms with Gasteiger partial charge in [0.2, 0.25) is 5.91 Å². The van der Waals surface area contributed by atoms with Gasteiger partial charge < -0.3 is 4.90 Å². The molecule has 0 radical (unpaired) electrons. The third kappa shape index (κ3) is 4.54. The first kappa shape index (κ1) is 21.7. The van der Waals surface area contributed by atoms with E-state index in [0.29, 0.717) is 6.42 Å². The average Bonchev–Trinajstić information content (AvgIpc) is 3.38. The van der Waals surface area contributed by atoms with Crippen LogP contribution in [0.1, 0.15) is 6.42 Å². The molecule has 1 saturated heterocycles. The Bertz CT molecular complexity index is 1390. The molecule has 0 N–H and O–H groups in total. The number of rotatable bonds is 6. The summed E-state index contributed by atoms with van der Waals surface area (Å²) in [6.45, 7) is 0. The zero-order valence-electron chi connectivity index (χ0n) is 17.9. The fourth-order valence-electron chi connectivity index (χ4n) is 4.25. The van der Waals surface area contributed by atoms with Crippen LogP contribution in [0.3, 0.4) is 0 Å². The Morgan fingerprint density at radius 2 is 1.64 bits per heavy atom. The minimum Gasteiger partial charge on any atom is -0.308 e. The van der Waals surface area contributed by atoms with Crippen LogP contribution in [0.25, 0.3) is 16.7 Å². The molecule has 0 aliphatic carbocycles. The summed E-state index contributed by atoms with van der Waals surface area (Å²) in [4.78, 5) is 19.9. The molecule has 168 valence electrons. The molecule has 33 heavy (non-hydrogen) atoms. The number of sulfone groups is 1. The predicted molar refractivity (Wildman–Crippen MR) is 133 cm³/mol. The zero-order chi connectivity index (χ0) is 22.8. The highest BCUT2D eigenvalue weighted by atomic mass is 32.2. The lowest BCUT2D eigenvalue weighted by molar-refractivity contribution is -0.116. The first-order valence-electron chi connectivity index (χ1n) is 10.7. The van der Waals surface area contributed by atoms with E-state index in [1.165, 1.54) is 11.8 Å². The van der Waals surface area contributed by atoms with Crippen molar-refractivity contribution in [1.82, 2.24) is 9.55 Å². The summed E-state index contributed by atoms with van der Waals surface area (Å²) >= 11 is 1.37. The molecule has 0 spiro atoms. The van der Waals surface area contributed by atoms with Gasteiger partial charge in [-0.15, -0.1) is 0 Å². The van der Waals surface area contributed by atoms with Crippen LogP contribution in [-0.2, 0) is 14.6 Å². The van der Waals surface area contributed by atoms with E-state index in [9.17, 15) is 13.2 Å². The molecule has 1 fully saturated rings. The summed E-state index contributed by atoms with van der Waals surface area (Å²) in [6, 6.07) is 26.8. The third-order valence-electron chi connectivity index (χ3n) is 5.75. The van der Waals surface area contributed by atoms with Crippen molar-refractivity contribution in [3.63, 3.8) is 0 Å². The number of benzene rings is 3. The Balaban J connectivity index is 1.45. The Labute approximate surface area is 197 Å². The van der Waals surface area contributed by atoms with Crippen molar-refractivity contribution in [2.24, 2.45) is 0 Å². The Morgan fingerprint density at radius 1 is 0.970 bits per heavy atom. The molecule has 1 atom stereocenters. The average molecular weight is 478 g/mol. The van der Waals surface area contributed by atoms with Crippen LogP contribution in [0.2, 0.25) is 0 Å². The number of carbonyl (C=O) groups excluding carboxylic acids is 1. The first-order valence-corrected chi connectivity index (χ1v) is 13.6. The fourth-order valence-corrected chi connectivity index (χ4v) is 6.84. The van der Waals surface area contributed by atoms with Gasteiger partial charge in [-0.2, -0.15) is 0 Å². The van der Waals surface area contributed by atoms with Crippen molar-refractivity contribution in [3.8, 4) is 5.69 Å². The number of nitrogens with zero attached hydrogens (tertiary/aromatic N) is 3. The molecule has 2 heterocycles. The maximum Gasteiger partial charge on any atom is 0.237 e. The lowest BCUT2D eigenvalue weighted by Crippen LogP contribution is -2.42. The van der Waals surface area contributed by atoms with Gasteiger partial charge in [-0.25, -0.2) is 13.4 Å². The second-order valence-corrected chi connectivity index (χ2v) is 11.2. The molecule has 1 aliphatic rings. The van der Waals surface area contributed by atoms with Crippen molar-refractivity contribution in [2.75, 3.05) is 22.2 Å². The molecule has 0 bridgehead atoms. The summed E-state index contributed by atoms with van der Waals surface area (Å²) in [5.41, 5.74) is 3.53. The summed E-state index contributed by atoms with van der Waals surface area (Å²) in [7, 11) is -3.13. The topological polar surface area (TPSA) is 72.3 Å². The molecular formula is C25H23N3O3S2. The normalized spacial score (nSPS) is 17.3. The van der Waals surface area contributed by atoms with E-state index in [4.69, 9.17) is 4.98 Å². The van der Waals surface area contributed by atoms with Crippen LogP contribution in [0.5, 0.6) is 0 Å². The van der Waals surface area contributed by atoms with Crippen LogP contribution in [0.15, 0.2) is 90.1 Å². The highest BCUT2D eigenvalue weighted by molar-refractivity contribution is 7.99. The SMILES string of the molecule is O=C(CSc1nc2ccccc2n1-c1ccccc1)N(c1ccccc1)[C@H]1CCS(=O)(=O)C1. The van der Waals surface area contributed by atoms with Crippen molar-refractivity contribution < 1.29 is 13.2 Å². The number of hydrogen-bond acceptors (Lipinski definition) is 5. The van der Waals surface area contributed by atoms with Gasteiger partial charge in [-0.1, -0.05) is 60.3 Å². The van der Waals surface area contributed by atoms with Crippen LogP contribution < -0.4 is 4.90 Å². The van der Waals surface area contributed by atoms with E-state index in [0.717, 1.165) is 27.6 Å². The summed E-state index contributed by atoms with van der Waals surface area (Å²) in [5, 5.41) is 0.725. The van der Waals surface area contributed by atoms with Gasteiger partial charge in [-0.3, -0.25) is 9.36 Å². The van der Waals surface area contributed by atoms with E-state index < -0.39 is 9.84 Å². The summed E-state index contributed by atoms with van der Waals surface area (Å²) in [6.07, 6.45) is 0.455. The van der Waals surface area contributed by atoms with Crippen molar-refractivity contribution in [3.05, 3.63) is 84.9 Å². The molecule has 0 unspecified atom stereocenters. The molecule has 1 aliphatic heterocycles. The molecule has 8 heteroatoms. The largest absolute Gasteiger partial charge is 0.308 e. The van der Waals surface area contributed by atoms with E-state index in [2.05, 4.69) is 4.57 Å². The smallest absolute Gasteiger partial charge is 0.237 e. The zero-order valence-corrected chi connectivity index (χ0v) is 19.5. The molecule has 1 amide bonds. The van der Waals surface area contributed by atoms with Crippen LogP contribution >= 0.6 is 11.8 Å². The number of hydrogen-bond donors (Lipinski definition) is 0. The van der Waals surface area contributed by atoms with Gasteiger partial charge in [-0.05, 0) is 42.8 Å². The molecule has 1 aromatic heterocycles. The third-order valence-corrected chi connectivity index (χ3v) is 8.42. The predicted octanol–water partition coefficient (Wildman–Crippen LogP) is 4.34. The standard InChI is InChI=1S/C25H23N3O3S2/c29-24(27(19-9-3-1-4-10-19)21-15-16-33(30,31)18-21)17-32-25-26-22-13-7-8-14-23(22)28(25)20-11-5-2-6-12-20/h1-14,21H,15-18H2/t21-/m0/s1. The second-order valence-electron chi connectivity index (χ2n) is 8.00. The number of anilines is 1. The van der Waals surface area contributed by atoms with E-state index in [1.54, 1.807) is 4.90 Å². The van der Waals surface area contributed by atoms with Gasteiger partial charge in [0.05, 0.1) is 34.3 Å². The number of thioether (sulfide) groups is 1. The Morgan fingerprint density at radius 3 is 2.33 bits per heavy atom. The maximum atomic E-state index is 13.5. The van der Waals surface area contributed by atoms with Crippen molar-refractivity contribution >= 4 is 44.2 Å². The van der Waals surface area contributed by atoms with E-state index in [-0.39, 0.29) is 29.2 Å². The van der Waals surface area contributed by atoms with Gasteiger partial charge >= 0.3 is 0 Å². The van der Waals surface area contributed by atoms with E-state index >= 15 is 0 Å². The molecule has 6 nitrogen and oxygen atoms in total. The lowest BCUT2D eigenvalue weighted by atomic mass is 10.2. The minimum atomic E-state index is -3.13. The Hall–Kier alpha value is -3.10. The van der Waals surface area contributed by atoms with Crippen molar-refractivity contribution in [2.45, 2.75) is 17.6 Å². The number of fused-ring (bicyclic) bond motifs is 1. The maximum absolute atomic E-state index is 13.5. The molecule has 4 aromatic rings. The fraction of sp³-hybridized carbons (Fsp3) is 0.200. The highest BCUT2D eigenvalue weighted by Gasteiger charge is 2.35. The molecule has 5 rings (SSSR count). The second kappa shape index (κ2) is 9.03. The van der Waals surface area contributed by atoms with Gasteiger partial charge in [0.15, 0.2) is 15.0 Å². The Kier molecular flexibility index (Phi) is 5.95. The number of para-hydroxylation sites is 4. The van der Waals surface area contributed by atoms with Gasteiger partial charge in [0, 0.05) is 11.4 Å². The minimum absolute atomic E-state index is 0.000822. The summed E-state index contributed by atoms with van der Waals surface area (Å²) < 4.78 is 26.3. The number of amides is 1.